The van der Waals surface area contributed by atoms with Crippen LogP contribution in [0.5, 0.6) is 0 Å². The highest BCUT2D eigenvalue weighted by Gasteiger charge is 2.31. The molecule has 3 saturated heterocycles. The topological polar surface area (TPSA) is 42.9 Å². The quantitative estimate of drug-likeness (QED) is 0.579. The number of piperazine rings is 3. The first-order chi connectivity index (χ1) is 10.8. The van der Waals surface area contributed by atoms with Gasteiger partial charge in [-0.3, -0.25) is 14.8 Å². The zero-order chi connectivity index (χ0) is 15.4. The summed E-state index contributed by atoms with van der Waals surface area (Å²) in [6.07, 6.45) is 6.12. The molecule has 0 amide bonds. The number of nitrogens with zero attached hydrogens (tertiary/aromatic N) is 3. The number of hydrogen-bond acceptors (Lipinski definition) is 4. The molecule has 1 aliphatic carbocycles. The van der Waals surface area contributed by atoms with Gasteiger partial charge in [0.2, 0.25) is 0 Å². The highest BCUT2D eigenvalue weighted by molar-refractivity contribution is 7.99. The van der Waals surface area contributed by atoms with E-state index in [2.05, 4.69) is 33.6 Å². The molecule has 4 aliphatic rings. The van der Waals surface area contributed by atoms with Crippen molar-refractivity contribution in [2.45, 2.75) is 43.5 Å². The van der Waals surface area contributed by atoms with Crippen molar-refractivity contribution in [3.8, 4) is 0 Å². The van der Waals surface area contributed by atoms with E-state index in [1.807, 2.05) is 11.8 Å². The first-order valence-corrected chi connectivity index (χ1v) is 10.1. The summed E-state index contributed by atoms with van der Waals surface area (Å²) in [5.41, 5.74) is 0. The van der Waals surface area contributed by atoms with Crippen molar-refractivity contribution in [1.82, 2.24) is 20.4 Å². The van der Waals surface area contributed by atoms with Gasteiger partial charge in [0.05, 0.1) is 6.54 Å². The summed E-state index contributed by atoms with van der Waals surface area (Å²) in [6.45, 7) is 10.1. The highest BCUT2D eigenvalue weighted by Crippen LogP contribution is 2.28. The SMILES string of the molecule is CCNC(=NCC1CN2CCN1CC2)NC1CCC(SC)C1. The van der Waals surface area contributed by atoms with Gasteiger partial charge in [-0.25, -0.2) is 0 Å². The van der Waals surface area contributed by atoms with E-state index in [-0.39, 0.29) is 0 Å². The zero-order valence-electron chi connectivity index (χ0n) is 14.1. The fraction of sp³-hybridized carbons (Fsp3) is 0.938. The normalized spacial score (nSPS) is 38.3. The molecule has 126 valence electrons. The molecule has 6 heteroatoms. The standard InChI is InChI=1S/C16H31N5S/c1-3-17-16(19-13-4-5-15(10-13)22-2)18-11-14-12-20-6-8-21(14)9-7-20/h13-15H,3-12H2,1-2H3,(H2,17,18,19). The molecule has 0 aromatic rings. The van der Waals surface area contributed by atoms with Gasteiger partial charge in [-0.2, -0.15) is 11.8 Å². The second-order valence-electron chi connectivity index (χ2n) is 6.72. The van der Waals surface area contributed by atoms with E-state index in [0.29, 0.717) is 12.1 Å². The summed E-state index contributed by atoms with van der Waals surface area (Å²) >= 11 is 2.01. The van der Waals surface area contributed by atoms with Crippen molar-refractivity contribution in [1.29, 1.82) is 0 Å². The predicted molar refractivity (Wildman–Crippen MR) is 95.9 cm³/mol. The Bertz CT molecular complexity index is 381. The van der Waals surface area contributed by atoms with Gasteiger partial charge in [-0.05, 0) is 32.4 Å². The van der Waals surface area contributed by atoms with E-state index in [4.69, 9.17) is 4.99 Å². The number of thioether (sulfide) groups is 1. The molecule has 1 saturated carbocycles. The third-order valence-electron chi connectivity index (χ3n) is 5.26. The lowest BCUT2D eigenvalue weighted by Gasteiger charge is -2.47. The average Bonchev–Trinajstić information content (AvgIpc) is 3.02. The molecule has 3 unspecified atom stereocenters. The third kappa shape index (κ3) is 4.09. The molecule has 0 aromatic heterocycles. The van der Waals surface area contributed by atoms with Gasteiger partial charge in [-0.15, -0.1) is 0 Å². The smallest absolute Gasteiger partial charge is 0.191 e. The van der Waals surface area contributed by atoms with E-state index >= 15 is 0 Å². The van der Waals surface area contributed by atoms with Crippen molar-refractivity contribution >= 4 is 17.7 Å². The maximum atomic E-state index is 4.89. The summed E-state index contributed by atoms with van der Waals surface area (Å²) in [5, 5.41) is 7.91. The van der Waals surface area contributed by atoms with E-state index in [9.17, 15) is 0 Å². The van der Waals surface area contributed by atoms with Gasteiger partial charge in [0, 0.05) is 56.6 Å². The Morgan fingerprint density at radius 2 is 2.05 bits per heavy atom. The molecule has 3 atom stereocenters. The van der Waals surface area contributed by atoms with Gasteiger partial charge in [-0.1, -0.05) is 0 Å². The van der Waals surface area contributed by atoms with Crippen LogP contribution in [0.15, 0.2) is 4.99 Å². The van der Waals surface area contributed by atoms with Crippen LogP contribution < -0.4 is 10.6 Å². The van der Waals surface area contributed by atoms with Gasteiger partial charge < -0.3 is 10.6 Å². The number of fused-ring (bicyclic) bond motifs is 3. The number of nitrogens with one attached hydrogen (secondary N) is 2. The summed E-state index contributed by atoms with van der Waals surface area (Å²) in [4.78, 5) is 10.1. The Kier molecular flexibility index (Phi) is 5.88. The van der Waals surface area contributed by atoms with E-state index < -0.39 is 0 Å². The maximum Gasteiger partial charge on any atom is 0.191 e. The molecular weight excluding hydrogens is 294 g/mol. The Hall–Kier alpha value is -0.460. The van der Waals surface area contributed by atoms with Crippen LogP contribution in [0.3, 0.4) is 0 Å². The molecule has 0 radical (unpaired) electrons. The summed E-state index contributed by atoms with van der Waals surface area (Å²) < 4.78 is 0. The number of aliphatic imine (C=N–C) groups is 1. The van der Waals surface area contributed by atoms with Crippen molar-refractivity contribution in [2.75, 3.05) is 52.1 Å². The Morgan fingerprint density at radius 3 is 2.64 bits per heavy atom. The molecule has 2 N–H and O–H groups in total. The van der Waals surface area contributed by atoms with E-state index in [0.717, 1.165) is 24.3 Å². The van der Waals surface area contributed by atoms with Crippen LogP contribution in [0, 0.1) is 0 Å². The predicted octanol–water partition coefficient (Wildman–Crippen LogP) is 0.825. The molecule has 22 heavy (non-hydrogen) atoms. The van der Waals surface area contributed by atoms with Crippen molar-refractivity contribution in [3.63, 3.8) is 0 Å². The molecule has 5 nitrogen and oxygen atoms in total. The van der Waals surface area contributed by atoms with Crippen LogP contribution in [-0.4, -0.2) is 85.2 Å². The lowest BCUT2D eigenvalue weighted by Crippen LogP contribution is -2.62. The second kappa shape index (κ2) is 7.88. The van der Waals surface area contributed by atoms with Crippen LogP contribution in [0.4, 0.5) is 0 Å². The monoisotopic (exact) mass is 325 g/mol. The third-order valence-corrected chi connectivity index (χ3v) is 6.35. The van der Waals surface area contributed by atoms with Crippen LogP contribution in [0.25, 0.3) is 0 Å². The van der Waals surface area contributed by atoms with Crippen LogP contribution in [0.2, 0.25) is 0 Å². The second-order valence-corrected chi connectivity index (χ2v) is 7.86. The van der Waals surface area contributed by atoms with E-state index in [1.165, 1.54) is 52.0 Å². The number of rotatable bonds is 5. The minimum Gasteiger partial charge on any atom is -0.357 e. The minimum absolute atomic E-state index is 0.599. The Morgan fingerprint density at radius 1 is 1.23 bits per heavy atom. The number of hydrogen-bond donors (Lipinski definition) is 2. The van der Waals surface area contributed by atoms with Gasteiger partial charge in [0.15, 0.2) is 5.96 Å². The van der Waals surface area contributed by atoms with Gasteiger partial charge in [0.25, 0.3) is 0 Å². The lowest BCUT2D eigenvalue weighted by atomic mass is 10.1. The average molecular weight is 326 g/mol. The fourth-order valence-electron chi connectivity index (χ4n) is 3.89. The molecule has 0 aromatic carbocycles. The van der Waals surface area contributed by atoms with Crippen LogP contribution in [0.1, 0.15) is 26.2 Å². The van der Waals surface area contributed by atoms with Crippen LogP contribution in [-0.2, 0) is 0 Å². The first kappa shape index (κ1) is 16.4. The van der Waals surface area contributed by atoms with Crippen molar-refractivity contribution in [2.24, 2.45) is 4.99 Å². The lowest BCUT2D eigenvalue weighted by molar-refractivity contribution is 0.0174. The minimum atomic E-state index is 0.599. The molecule has 3 heterocycles. The highest BCUT2D eigenvalue weighted by atomic mass is 32.2. The first-order valence-electron chi connectivity index (χ1n) is 8.82. The summed E-state index contributed by atoms with van der Waals surface area (Å²) in [7, 11) is 0. The molecule has 4 fully saturated rings. The van der Waals surface area contributed by atoms with E-state index in [1.54, 1.807) is 0 Å². The van der Waals surface area contributed by atoms with Crippen molar-refractivity contribution < 1.29 is 0 Å². The van der Waals surface area contributed by atoms with Crippen LogP contribution >= 0.6 is 11.8 Å². The summed E-state index contributed by atoms with van der Waals surface area (Å²) in [6, 6.07) is 1.21. The molecule has 0 spiro atoms. The van der Waals surface area contributed by atoms with Gasteiger partial charge in [0.1, 0.15) is 0 Å². The Labute approximate surface area is 139 Å². The van der Waals surface area contributed by atoms with Crippen molar-refractivity contribution in [3.05, 3.63) is 0 Å². The summed E-state index contributed by atoms with van der Waals surface area (Å²) in [5.74, 6) is 1.02. The largest absolute Gasteiger partial charge is 0.357 e. The molecular formula is C16H31N5S. The molecule has 2 bridgehead atoms. The maximum absolute atomic E-state index is 4.89. The zero-order valence-corrected chi connectivity index (χ0v) is 14.9. The Balaban J connectivity index is 1.52. The number of guanidine groups is 1. The molecule has 4 rings (SSSR count). The van der Waals surface area contributed by atoms with Gasteiger partial charge >= 0.3 is 0 Å². The fourth-order valence-corrected chi connectivity index (χ4v) is 4.69. The molecule has 3 aliphatic heterocycles.